The summed E-state index contributed by atoms with van der Waals surface area (Å²) in [7, 11) is 1.57. The van der Waals surface area contributed by atoms with E-state index in [4.69, 9.17) is 4.42 Å². The number of nitrogens with one attached hydrogen (secondary N) is 1. The van der Waals surface area contributed by atoms with Crippen LogP contribution in [0.15, 0.2) is 22.8 Å². The van der Waals surface area contributed by atoms with E-state index in [0.29, 0.717) is 11.0 Å². The van der Waals surface area contributed by atoms with Crippen LogP contribution >= 0.6 is 11.3 Å². The molecule has 0 fully saturated rings. The number of nitrogens with zero attached hydrogens (tertiary/aromatic N) is 2. The molecule has 122 valence electrons. The number of carbonyl (C=O) groups excluding carboxylic acids is 2. The van der Waals surface area contributed by atoms with E-state index in [1.807, 2.05) is 0 Å². The lowest BCUT2D eigenvalue weighted by Crippen LogP contribution is -2.34. The van der Waals surface area contributed by atoms with Gasteiger partial charge in [-0.2, -0.15) is 0 Å². The van der Waals surface area contributed by atoms with Crippen molar-refractivity contribution in [2.75, 3.05) is 18.9 Å². The van der Waals surface area contributed by atoms with E-state index in [2.05, 4.69) is 17.2 Å². The lowest BCUT2D eigenvalue weighted by molar-refractivity contribution is -0.116. The number of furan rings is 1. The van der Waals surface area contributed by atoms with E-state index < -0.39 is 0 Å². The summed E-state index contributed by atoms with van der Waals surface area (Å²) in [4.78, 5) is 31.2. The van der Waals surface area contributed by atoms with Gasteiger partial charge in [-0.1, -0.05) is 6.92 Å². The van der Waals surface area contributed by atoms with Crippen LogP contribution in [0.1, 0.15) is 34.5 Å². The molecule has 1 aliphatic rings. The Morgan fingerprint density at radius 1 is 1.52 bits per heavy atom. The molecule has 1 N–H and O–H groups in total. The summed E-state index contributed by atoms with van der Waals surface area (Å²) < 4.78 is 5.05. The first kappa shape index (κ1) is 15.7. The van der Waals surface area contributed by atoms with E-state index >= 15 is 0 Å². The molecular weight excluding hydrogens is 314 g/mol. The molecule has 2 aromatic rings. The van der Waals surface area contributed by atoms with Crippen LogP contribution in [-0.2, 0) is 17.6 Å². The van der Waals surface area contributed by atoms with Crippen molar-refractivity contribution in [3.8, 4) is 0 Å². The maximum atomic E-state index is 12.1. The third-order valence-corrected chi connectivity index (χ3v) is 4.93. The largest absolute Gasteiger partial charge is 0.459 e. The minimum atomic E-state index is -0.322. The summed E-state index contributed by atoms with van der Waals surface area (Å²) in [5.74, 6) is 0.312. The molecule has 3 rings (SSSR count). The summed E-state index contributed by atoms with van der Waals surface area (Å²) >= 11 is 1.54. The maximum absolute atomic E-state index is 12.1. The Balaban J connectivity index is 1.58. The van der Waals surface area contributed by atoms with E-state index in [1.165, 1.54) is 27.4 Å². The van der Waals surface area contributed by atoms with Crippen molar-refractivity contribution in [3.05, 3.63) is 34.7 Å². The topological polar surface area (TPSA) is 75.4 Å². The molecule has 2 heterocycles. The molecule has 0 bridgehead atoms. The second kappa shape index (κ2) is 6.54. The van der Waals surface area contributed by atoms with Gasteiger partial charge in [-0.15, -0.1) is 11.3 Å². The molecule has 1 atom stereocenters. The molecule has 0 radical (unpaired) electrons. The maximum Gasteiger partial charge on any atom is 0.289 e. The van der Waals surface area contributed by atoms with Gasteiger partial charge in [0.15, 0.2) is 10.9 Å². The predicted octanol–water partition coefficient (Wildman–Crippen LogP) is 2.57. The van der Waals surface area contributed by atoms with Gasteiger partial charge in [0, 0.05) is 11.9 Å². The zero-order valence-corrected chi connectivity index (χ0v) is 14.0. The van der Waals surface area contributed by atoms with Crippen LogP contribution in [0, 0.1) is 5.92 Å². The number of carbonyl (C=O) groups is 2. The first-order valence-electron chi connectivity index (χ1n) is 7.60. The number of anilines is 1. The van der Waals surface area contributed by atoms with Crippen LogP contribution in [0.2, 0.25) is 0 Å². The standard InChI is InChI=1S/C16H19N3O3S/c1-10-5-6-11-13(8-10)23-16(17-11)18-14(20)9-19(2)15(21)12-4-3-7-22-12/h3-4,7,10H,5-6,8-9H2,1-2H3,(H,17,18,20)/t10-/m1/s1. The average molecular weight is 333 g/mol. The SMILES string of the molecule is C[C@@H]1CCc2nc(NC(=O)CN(C)C(=O)c3ccco3)sc2C1. The zero-order chi connectivity index (χ0) is 16.4. The number of aromatic nitrogens is 1. The fourth-order valence-corrected chi connectivity index (χ4v) is 3.82. The molecule has 0 aliphatic heterocycles. The highest BCUT2D eigenvalue weighted by Crippen LogP contribution is 2.32. The van der Waals surface area contributed by atoms with Gasteiger partial charge in [-0.25, -0.2) is 4.98 Å². The molecule has 1 aliphatic carbocycles. The third kappa shape index (κ3) is 3.61. The third-order valence-electron chi connectivity index (χ3n) is 3.89. The Labute approximate surface area is 138 Å². The lowest BCUT2D eigenvalue weighted by Gasteiger charge is -2.15. The van der Waals surface area contributed by atoms with Crippen LogP contribution in [0.4, 0.5) is 5.13 Å². The molecule has 0 spiro atoms. The Bertz CT molecular complexity index is 708. The molecular formula is C16H19N3O3S. The van der Waals surface area contributed by atoms with Crippen LogP contribution in [0.5, 0.6) is 0 Å². The smallest absolute Gasteiger partial charge is 0.289 e. The summed E-state index contributed by atoms with van der Waals surface area (Å²) in [5, 5.41) is 3.41. The summed E-state index contributed by atoms with van der Waals surface area (Å²) in [5.41, 5.74) is 1.10. The van der Waals surface area contributed by atoms with Gasteiger partial charge in [0.25, 0.3) is 5.91 Å². The molecule has 7 heteroatoms. The van der Waals surface area contributed by atoms with Crippen LogP contribution in [-0.4, -0.2) is 35.3 Å². The predicted molar refractivity (Wildman–Crippen MR) is 87.6 cm³/mol. The molecule has 23 heavy (non-hydrogen) atoms. The molecule has 0 unspecified atom stereocenters. The van der Waals surface area contributed by atoms with Gasteiger partial charge in [0.1, 0.15) is 6.54 Å². The molecule has 0 saturated carbocycles. The molecule has 2 amide bonds. The number of hydrogen-bond acceptors (Lipinski definition) is 5. The normalized spacial score (nSPS) is 16.7. The minimum Gasteiger partial charge on any atom is -0.459 e. The monoisotopic (exact) mass is 333 g/mol. The Morgan fingerprint density at radius 3 is 3.09 bits per heavy atom. The number of rotatable bonds is 4. The number of amides is 2. The average Bonchev–Trinajstić information content (AvgIpc) is 3.14. The van der Waals surface area contributed by atoms with E-state index in [0.717, 1.165) is 25.0 Å². The number of aryl methyl sites for hydroxylation is 1. The molecule has 6 nitrogen and oxygen atoms in total. The fourth-order valence-electron chi connectivity index (χ4n) is 2.63. The van der Waals surface area contributed by atoms with Gasteiger partial charge >= 0.3 is 0 Å². The number of hydrogen-bond donors (Lipinski definition) is 1. The van der Waals surface area contributed by atoms with Crippen LogP contribution < -0.4 is 5.32 Å². The Hall–Kier alpha value is -2.15. The summed E-state index contributed by atoms with van der Waals surface area (Å²) in [6.45, 7) is 2.19. The van der Waals surface area contributed by atoms with Crippen LogP contribution in [0.25, 0.3) is 0 Å². The van der Waals surface area contributed by atoms with E-state index in [9.17, 15) is 9.59 Å². The van der Waals surface area contributed by atoms with E-state index in [-0.39, 0.29) is 24.1 Å². The number of likely N-dealkylation sites (N-methyl/N-ethyl adjacent to an activating group) is 1. The first-order valence-corrected chi connectivity index (χ1v) is 8.42. The van der Waals surface area contributed by atoms with Crippen molar-refractivity contribution in [2.45, 2.75) is 26.2 Å². The van der Waals surface area contributed by atoms with Crippen molar-refractivity contribution in [1.29, 1.82) is 0 Å². The van der Waals surface area contributed by atoms with Gasteiger partial charge in [-0.3, -0.25) is 9.59 Å². The quantitative estimate of drug-likeness (QED) is 0.933. The zero-order valence-electron chi connectivity index (χ0n) is 13.2. The van der Waals surface area contributed by atoms with Gasteiger partial charge in [-0.05, 0) is 37.3 Å². The fraction of sp³-hybridized carbons (Fsp3) is 0.438. The van der Waals surface area contributed by atoms with Crippen LogP contribution in [0.3, 0.4) is 0 Å². The molecule has 2 aromatic heterocycles. The lowest BCUT2D eigenvalue weighted by atomic mass is 9.93. The van der Waals surface area contributed by atoms with Crippen molar-refractivity contribution in [3.63, 3.8) is 0 Å². The molecule has 0 aromatic carbocycles. The van der Waals surface area contributed by atoms with Gasteiger partial charge < -0.3 is 14.6 Å². The number of thiazole rings is 1. The highest BCUT2D eigenvalue weighted by atomic mass is 32.1. The van der Waals surface area contributed by atoms with Crippen molar-refractivity contribution in [2.24, 2.45) is 5.92 Å². The minimum absolute atomic E-state index is 0.0415. The van der Waals surface area contributed by atoms with Crippen molar-refractivity contribution >= 4 is 28.3 Å². The van der Waals surface area contributed by atoms with E-state index in [1.54, 1.807) is 19.2 Å². The Kier molecular flexibility index (Phi) is 4.47. The Morgan fingerprint density at radius 2 is 2.35 bits per heavy atom. The first-order chi connectivity index (χ1) is 11.0. The second-order valence-corrected chi connectivity index (χ2v) is 7.01. The van der Waals surface area contributed by atoms with Gasteiger partial charge in [0.2, 0.25) is 5.91 Å². The van der Waals surface area contributed by atoms with Crippen molar-refractivity contribution < 1.29 is 14.0 Å². The second-order valence-electron chi connectivity index (χ2n) is 5.92. The highest BCUT2D eigenvalue weighted by molar-refractivity contribution is 7.15. The highest BCUT2D eigenvalue weighted by Gasteiger charge is 2.21. The van der Waals surface area contributed by atoms with Crippen molar-refractivity contribution in [1.82, 2.24) is 9.88 Å². The molecule has 0 saturated heterocycles. The summed E-state index contributed by atoms with van der Waals surface area (Å²) in [6.07, 6.45) is 4.58. The van der Waals surface area contributed by atoms with Gasteiger partial charge in [0.05, 0.1) is 12.0 Å². The number of fused-ring (bicyclic) bond motifs is 1. The summed E-state index contributed by atoms with van der Waals surface area (Å²) in [6, 6.07) is 3.22.